The molecule has 2 heterocycles. The number of benzene rings is 1. The van der Waals surface area contributed by atoms with Crippen molar-refractivity contribution in [1.29, 1.82) is 0 Å². The average molecular weight is 386 g/mol. The van der Waals surface area contributed by atoms with E-state index in [0.717, 1.165) is 31.7 Å². The van der Waals surface area contributed by atoms with E-state index in [-0.39, 0.29) is 17.4 Å². The molecule has 0 aliphatic carbocycles. The maximum atomic E-state index is 12.4. The minimum atomic E-state index is -0.223. The van der Waals surface area contributed by atoms with Gasteiger partial charge in [-0.3, -0.25) is 4.79 Å². The zero-order valence-corrected chi connectivity index (χ0v) is 17.2. The van der Waals surface area contributed by atoms with E-state index < -0.39 is 0 Å². The van der Waals surface area contributed by atoms with E-state index in [9.17, 15) is 4.79 Å². The Morgan fingerprint density at radius 1 is 1.29 bits per heavy atom. The van der Waals surface area contributed by atoms with Gasteiger partial charge in [0.1, 0.15) is 12.4 Å². The van der Waals surface area contributed by atoms with E-state index in [1.165, 1.54) is 5.56 Å². The van der Waals surface area contributed by atoms with Gasteiger partial charge in [0, 0.05) is 0 Å². The second kappa shape index (κ2) is 8.73. The third-order valence-electron chi connectivity index (χ3n) is 5.02. The fourth-order valence-electron chi connectivity index (χ4n) is 3.24. The number of rotatable bonds is 6. The van der Waals surface area contributed by atoms with Gasteiger partial charge in [-0.1, -0.05) is 38.1 Å². The number of piperidine rings is 1. The standard InChI is InChI=1S/C21H31N5O2/c1-15(14-28-18-7-5-16(6-8-18)21(2,3)4)23-20(27)19-13-26(25-24-19)17-9-11-22-12-10-17/h5-8,13,15,17,22H,9-12,14H2,1-4H3,(H,23,27). The van der Waals surface area contributed by atoms with Crippen LogP contribution in [0.1, 0.15) is 62.6 Å². The lowest BCUT2D eigenvalue weighted by Gasteiger charge is -2.22. The molecule has 1 unspecified atom stereocenters. The Labute approximate surface area is 166 Å². The molecule has 152 valence electrons. The summed E-state index contributed by atoms with van der Waals surface area (Å²) in [5.41, 5.74) is 1.73. The first kappa shape index (κ1) is 20.3. The van der Waals surface area contributed by atoms with Gasteiger partial charge in [-0.2, -0.15) is 0 Å². The molecule has 0 bridgehead atoms. The Morgan fingerprint density at radius 2 is 1.96 bits per heavy atom. The molecule has 1 aromatic heterocycles. The predicted molar refractivity (Wildman–Crippen MR) is 109 cm³/mol. The molecule has 1 aromatic carbocycles. The Kier molecular flexibility index (Phi) is 6.34. The molecule has 1 atom stereocenters. The van der Waals surface area contributed by atoms with Crippen molar-refractivity contribution in [3.8, 4) is 5.75 Å². The number of hydrogen-bond donors (Lipinski definition) is 2. The number of carbonyl (C=O) groups excluding carboxylic acids is 1. The number of nitrogens with one attached hydrogen (secondary N) is 2. The topological polar surface area (TPSA) is 81.1 Å². The summed E-state index contributed by atoms with van der Waals surface area (Å²) in [6.07, 6.45) is 3.75. The fourth-order valence-corrected chi connectivity index (χ4v) is 3.24. The van der Waals surface area contributed by atoms with Crippen LogP contribution in [0, 0.1) is 0 Å². The summed E-state index contributed by atoms with van der Waals surface area (Å²) in [4.78, 5) is 12.4. The van der Waals surface area contributed by atoms with Crippen LogP contribution in [0.4, 0.5) is 0 Å². The van der Waals surface area contributed by atoms with E-state index >= 15 is 0 Å². The van der Waals surface area contributed by atoms with E-state index in [0.29, 0.717) is 18.3 Å². The quantitative estimate of drug-likeness (QED) is 0.799. The third-order valence-corrected chi connectivity index (χ3v) is 5.02. The molecule has 1 fully saturated rings. The van der Waals surface area contributed by atoms with Crippen LogP contribution in [-0.4, -0.2) is 46.6 Å². The molecule has 1 aliphatic rings. The van der Waals surface area contributed by atoms with Gasteiger partial charge in [0.15, 0.2) is 5.69 Å². The summed E-state index contributed by atoms with van der Waals surface area (Å²) < 4.78 is 7.62. The van der Waals surface area contributed by atoms with Crippen LogP contribution in [0.15, 0.2) is 30.5 Å². The lowest BCUT2D eigenvalue weighted by atomic mass is 9.87. The fraction of sp³-hybridized carbons (Fsp3) is 0.571. The number of nitrogens with zero attached hydrogens (tertiary/aromatic N) is 3. The van der Waals surface area contributed by atoms with Crippen molar-refractivity contribution in [2.24, 2.45) is 0 Å². The molecule has 28 heavy (non-hydrogen) atoms. The van der Waals surface area contributed by atoms with Crippen LogP contribution in [-0.2, 0) is 5.41 Å². The Bertz CT molecular complexity index is 773. The first-order chi connectivity index (χ1) is 13.3. The number of ether oxygens (including phenoxy) is 1. The first-order valence-corrected chi connectivity index (χ1v) is 9.99. The zero-order chi connectivity index (χ0) is 20.1. The number of amides is 1. The van der Waals surface area contributed by atoms with Crippen molar-refractivity contribution in [2.75, 3.05) is 19.7 Å². The van der Waals surface area contributed by atoms with Gasteiger partial charge in [-0.05, 0) is 56.0 Å². The van der Waals surface area contributed by atoms with E-state index in [1.54, 1.807) is 6.20 Å². The molecule has 1 saturated heterocycles. The maximum Gasteiger partial charge on any atom is 0.273 e. The van der Waals surface area contributed by atoms with Crippen LogP contribution >= 0.6 is 0 Å². The van der Waals surface area contributed by atoms with Crippen molar-refractivity contribution in [3.63, 3.8) is 0 Å². The second-order valence-electron chi connectivity index (χ2n) is 8.52. The lowest BCUT2D eigenvalue weighted by molar-refractivity contribution is 0.0921. The highest BCUT2D eigenvalue weighted by Gasteiger charge is 2.20. The highest BCUT2D eigenvalue weighted by Crippen LogP contribution is 2.24. The monoisotopic (exact) mass is 385 g/mol. The van der Waals surface area contributed by atoms with Gasteiger partial charge in [0.25, 0.3) is 5.91 Å². The molecule has 0 spiro atoms. The van der Waals surface area contributed by atoms with E-state index in [1.807, 2.05) is 23.7 Å². The summed E-state index contributed by atoms with van der Waals surface area (Å²) in [7, 11) is 0. The van der Waals surface area contributed by atoms with E-state index in [4.69, 9.17) is 4.74 Å². The molecule has 1 amide bonds. The van der Waals surface area contributed by atoms with Crippen LogP contribution in [0.5, 0.6) is 5.75 Å². The summed E-state index contributed by atoms with van der Waals surface area (Å²) in [5, 5.41) is 14.4. The number of aromatic nitrogens is 3. The highest BCUT2D eigenvalue weighted by molar-refractivity contribution is 5.92. The Hall–Kier alpha value is -2.41. The molecule has 7 heteroatoms. The molecule has 0 radical (unpaired) electrons. The van der Waals surface area contributed by atoms with Gasteiger partial charge in [0.2, 0.25) is 0 Å². The molecular weight excluding hydrogens is 354 g/mol. The minimum Gasteiger partial charge on any atom is -0.491 e. The van der Waals surface area contributed by atoms with Crippen molar-refractivity contribution < 1.29 is 9.53 Å². The van der Waals surface area contributed by atoms with Crippen molar-refractivity contribution in [2.45, 2.75) is 58.0 Å². The number of hydrogen-bond acceptors (Lipinski definition) is 5. The SMILES string of the molecule is CC(COc1ccc(C(C)(C)C)cc1)NC(=O)c1cn(C2CCNCC2)nn1. The van der Waals surface area contributed by atoms with E-state index in [2.05, 4.69) is 53.8 Å². The van der Waals surface area contributed by atoms with Gasteiger partial charge in [-0.25, -0.2) is 4.68 Å². The molecular formula is C21H31N5O2. The first-order valence-electron chi connectivity index (χ1n) is 9.99. The maximum absolute atomic E-state index is 12.4. The van der Waals surface area contributed by atoms with Crippen molar-refractivity contribution in [3.05, 3.63) is 41.7 Å². The van der Waals surface area contributed by atoms with Crippen LogP contribution in [0.3, 0.4) is 0 Å². The molecule has 2 aromatic rings. The third kappa shape index (κ3) is 5.32. The average Bonchev–Trinajstić information content (AvgIpc) is 3.17. The van der Waals surface area contributed by atoms with Gasteiger partial charge < -0.3 is 15.4 Å². The minimum absolute atomic E-state index is 0.116. The van der Waals surface area contributed by atoms with Gasteiger partial charge in [0.05, 0.1) is 18.3 Å². The summed E-state index contributed by atoms with van der Waals surface area (Å²) in [6, 6.07) is 8.28. The molecule has 1 aliphatic heterocycles. The van der Waals surface area contributed by atoms with Crippen molar-refractivity contribution >= 4 is 5.91 Å². The summed E-state index contributed by atoms with van der Waals surface area (Å²) >= 11 is 0. The summed E-state index contributed by atoms with van der Waals surface area (Å²) in [5.74, 6) is 0.574. The smallest absolute Gasteiger partial charge is 0.273 e. The normalized spacial score (nSPS) is 16.6. The largest absolute Gasteiger partial charge is 0.491 e. The highest BCUT2D eigenvalue weighted by atomic mass is 16.5. The molecule has 2 N–H and O–H groups in total. The summed E-state index contributed by atoms with van der Waals surface area (Å²) in [6.45, 7) is 10.8. The zero-order valence-electron chi connectivity index (χ0n) is 17.2. The van der Waals surface area contributed by atoms with Gasteiger partial charge >= 0.3 is 0 Å². The van der Waals surface area contributed by atoms with Gasteiger partial charge in [-0.15, -0.1) is 5.10 Å². The Balaban J connectivity index is 1.48. The molecule has 0 saturated carbocycles. The van der Waals surface area contributed by atoms with Crippen LogP contribution in [0.2, 0.25) is 0 Å². The lowest BCUT2D eigenvalue weighted by Crippen LogP contribution is -2.37. The molecule has 3 rings (SSSR count). The predicted octanol–water partition coefficient (Wildman–Crippen LogP) is 2.70. The van der Waals surface area contributed by atoms with Crippen molar-refractivity contribution in [1.82, 2.24) is 25.6 Å². The van der Waals surface area contributed by atoms with Crippen LogP contribution < -0.4 is 15.4 Å². The second-order valence-corrected chi connectivity index (χ2v) is 8.52. The van der Waals surface area contributed by atoms with Crippen LogP contribution in [0.25, 0.3) is 0 Å². The Morgan fingerprint density at radius 3 is 2.61 bits per heavy atom. The molecule has 7 nitrogen and oxygen atoms in total. The number of carbonyl (C=O) groups is 1.